The summed E-state index contributed by atoms with van der Waals surface area (Å²) in [4.78, 5) is 0. The molecule has 0 spiro atoms. The summed E-state index contributed by atoms with van der Waals surface area (Å²) in [6.45, 7) is 3.43. The average Bonchev–Trinajstić information content (AvgIpc) is 2.47. The molecule has 0 radical (unpaired) electrons. The van der Waals surface area contributed by atoms with Gasteiger partial charge >= 0.3 is 0 Å². The van der Waals surface area contributed by atoms with Crippen LogP contribution in [0.2, 0.25) is 0 Å². The fourth-order valence-corrected chi connectivity index (χ4v) is 2.29. The third kappa shape index (κ3) is 17.4. The van der Waals surface area contributed by atoms with E-state index in [4.69, 9.17) is 0 Å². The van der Waals surface area contributed by atoms with Gasteiger partial charge in [-0.2, -0.15) is 0 Å². The zero-order valence-electron chi connectivity index (χ0n) is 14.0. The Balaban J connectivity index is 3.12. The summed E-state index contributed by atoms with van der Waals surface area (Å²) in [7, 11) is 2.03. The summed E-state index contributed by atoms with van der Waals surface area (Å²) in [6, 6.07) is 0. The molecule has 20 heavy (non-hydrogen) atoms. The van der Waals surface area contributed by atoms with Crippen molar-refractivity contribution >= 4 is 0 Å². The van der Waals surface area contributed by atoms with Crippen molar-refractivity contribution in [1.29, 1.82) is 0 Å². The lowest BCUT2D eigenvalue weighted by atomic mass is 10.1. The molecule has 0 saturated heterocycles. The van der Waals surface area contributed by atoms with E-state index < -0.39 is 0 Å². The summed E-state index contributed by atoms with van der Waals surface area (Å²) in [5.41, 5.74) is 0. The predicted molar refractivity (Wildman–Crippen MR) is 93.3 cm³/mol. The van der Waals surface area contributed by atoms with Gasteiger partial charge in [-0.15, -0.1) is 0 Å². The fraction of sp³-hybridized carbons (Fsp3) is 0.789. The highest BCUT2D eigenvalue weighted by atomic mass is 14.8. The van der Waals surface area contributed by atoms with Crippen LogP contribution in [0.3, 0.4) is 0 Å². The van der Waals surface area contributed by atoms with E-state index in [0.29, 0.717) is 0 Å². The Labute approximate surface area is 127 Å². The van der Waals surface area contributed by atoms with Crippen LogP contribution in [-0.2, 0) is 0 Å². The lowest BCUT2D eigenvalue weighted by Crippen LogP contribution is -2.06. The Morgan fingerprint density at radius 2 is 1.20 bits per heavy atom. The molecule has 1 heteroatoms. The molecule has 1 N–H and O–H groups in total. The standard InChI is InChI=1S/C19H37N/c1-3-4-5-6-7-8-9-10-11-12-13-14-15-16-17-18-19-20-2/h7-8,10-11,20H,3-6,9,12-19H2,1-2H3. The molecule has 1 nitrogen and oxygen atoms in total. The molecule has 0 rings (SSSR count). The van der Waals surface area contributed by atoms with Crippen LogP contribution in [0.4, 0.5) is 0 Å². The summed E-state index contributed by atoms with van der Waals surface area (Å²) >= 11 is 0. The third-order valence-electron chi connectivity index (χ3n) is 3.63. The van der Waals surface area contributed by atoms with Crippen molar-refractivity contribution in [3.05, 3.63) is 24.3 Å². The van der Waals surface area contributed by atoms with Gasteiger partial charge in [0.25, 0.3) is 0 Å². The number of unbranched alkanes of at least 4 members (excludes halogenated alkanes) is 9. The lowest BCUT2D eigenvalue weighted by Gasteiger charge is -2.00. The van der Waals surface area contributed by atoms with Crippen LogP contribution in [-0.4, -0.2) is 13.6 Å². The molecule has 0 fully saturated rings. The third-order valence-corrected chi connectivity index (χ3v) is 3.63. The summed E-state index contributed by atoms with van der Waals surface area (Å²) in [5, 5.41) is 3.20. The molecule has 0 saturated carbocycles. The van der Waals surface area contributed by atoms with Gasteiger partial charge in [0, 0.05) is 0 Å². The first kappa shape index (κ1) is 19.4. The van der Waals surface area contributed by atoms with E-state index in [2.05, 4.69) is 36.5 Å². The van der Waals surface area contributed by atoms with E-state index in [1.54, 1.807) is 0 Å². The predicted octanol–water partition coefficient (Wildman–Crippen LogP) is 6.02. The number of hydrogen-bond acceptors (Lipinski definition) is 1. The zero-order chi connectivity index (χ0) is 14.7. The van der Waals surface area contributed by atoms with Crippen molar-refractivity contribution in [3.8, 4) is 0 Å². The van der Waals surface area contributed by atoms with Crippen molar-refractivity contribution in [2.45, 2.75) is 84.0 Å². The van der Waals surface area contributed by atoms with Crippen LogP contribution in [0, 0.1) is 0 Å². The monoisotopic (exact) mass is 279 g/mol. The second-order valence-corrected chi connectivity index (χ2v) is 5.69. The molecule has 0 aromatic heterocycles. The van der Waals surface area contributed by atoms with Crippen molar-refractivity contribution in [2.24, 2.45) is 0 Å². The van der Waals surface area contributed by atoms with Gasteiger partial charge in [0.15, 0.2) is 0 Å². The largest absolute Gasteiger partial charge is 0.320 e. The molecule has 0 aliphatic carbocycles. The zero-order valence-corrected chi connectivity index (χ0v) is 14.0. The first-order valence-corrected chi connectivity index (χ1v) is 8.86. The van der Waals surface area contributed by atoms with Gasteiger partial charge in [-0.3, -0.25) is 0 Å². The molecular weight excluding hydrogens is 242 g/mol. The first-order valence-electron chi connectivity index (χ1n) is 8.86. The number of nitrogens with one attached hydrogen (secondary N) is 1. The van der Waals surface area contributed by atoms with E-state index in [0.717, 1.165) is 6.42 Å². The molecule has 0 aliphatic heterocycles. The molecular formula is C19H37N. The molecule has 0 atom stereocenters. The van der Waals surface area contributed by atoms with Crippen molar-refractivity contribution in [1.82, 2.24) is 5.32 Å². The normalized spacial score (nSPS) is 11.9. The van der Waals surface area contributed by atoms with Crippen LogP contribution >= 0.6 is 0 Å². The lowest BCUT2D eigenvalue weighted by molar-refractivity contribution is 0.584. The van der Waals surface area contributed by atoms with Crippen LogP contribution in [0.15, 0.2) is 24.3 Å². The van der Waals surface area contributed by atoms with Crippen LogP contribution < -0.4 is 5.32 Å². The maximum atomic E-state index is 3.20. The maximum Gasteiger partial charge on any atom is -0.00519 e. The molecule has 0 aliphatic rings. The van der Waals surface area contributed by atoms with Gasteiger partial charge in [0.2, 0.25) is 0 Å². The van der Waals surface area contributed by atoms with E-state index in [9.17, 15) is 0 Å². The van der Waals surface area contributed by atoms with Gasteiger partial charge in [0.1, 0.15) is 0 Å². The Bertz CT molecular complexity index is 218. The minimum atomic E-state index is 1.12. The minimum Gasteiger partial charge on any atom is -0.320 e. The van der Waals surface area contributed by atoms with Crippen LogP contribution in [0.1, 0.15) is 84.0 Å². The van der Waals surface area contributed by atoms with Crippen molar-refractivity contribution in [3.63, 3.8) is 0 Å². The van der Waals surface area contributed by atoms with E-state index in [-0.39, 0.29) is 0 Å². The van der Waals surface area contributed by atoms with Crippen LogP contribution in [0.25, 0.3) is 0 Å². The number of allylic oxidation sites excluding steroid dienone is 4. The maximum absolute atomic E-state index is 3.20. The van der Waals surface area contributed by atoms with Gasteiger partial charge in [-0.05, 0) is 52.1 Å². The fourth-order valence-electron chi connectivity index (χ4n) is 2.29. The Hall–Kier alpha value is -0.560. The second-order valence-electron chi connectivity index (χ2n) is 5.69. The quantitative estimate of drug-likeness (QED) is 0.285. The van der Waals surface area contributed by atoms with Gasteiger partial charge in [-0.25, -0.2) is 0 Å². The summed E-state index contributed by atoms with van der Waals surface area (Å²) < 4.78 is 0. The van der Waals surface area contributed by atoms with Gasteiger partial charge < -0.3 is 5.32 Å². The smallest absolute Gasteiger partial charge is 0.00519 e. The highest BCUT2D eigenvalue weighted by molar-refractivity contribution is 4.92. The molecule has 0 unspecified atom stereocenters. The van der Waals surface area contributed by atoms with E-state index in [1.807, 2.05) is 7.05 Å². The minimum absolute atomic E-state index is 1.12. The molecule has 0 aromatic carbocycles. The topological polar surface area (TPSA) is 12.0 Å². The van der Waals surface area contributed by atoms with Crippen molar-refractivity contribution < 1.29 is 0 Å². The second kappa shape index (κ2) is 18.4. The van der Waals surface area contributed by atoms with E-state index in [1.165, 1.54) is 77.2 Å². The Kier molecular flexibility index (Phi) is 17.9. The molecule has 0 heterocycles. The highest BCUT2D eigenvalue weighted by Crippen LogP contribution is 2.07. The van der Waals surface area contributed by atoms with Crippen LogP contribution in [0.5, 0.6) is 0 Å². The van der Waals surface area contributed by atoms with Gasteiger partial charge in [0.05, 0.1) is 0 Å². The van der Waals surface area contributed by atoms with Crippen molar-refractivity contribution in [2.75, 3.05) is 13.6 Å². The van der Waals surface area contributed by atoms with Gasteiger partial charge in [-0.1, -0.05) is 69.8 Å². The number of rotatable bonds is 15. The molecule has 0 amide bonds. The van der Waals surface area contributed by atoms with E-state index >= 15 is 0 Å². The average molecular weight is 280 g/mol. The highest BCUT2D eigenvalue weighted by Gasteiger charge is 1.89. The summed E-state index contributed by atoms with van der Waals surface area (Å²) in [6.07, 6.45) is 25.3. The first-order chi connectivity index (χ1) is 9.91. The summed E-state index contributed by atoms with van der Waals surface area (Å²) in [5.74, 6) is 0. The SMILES string of the molecule is CCCCCC=CCC=CCCCCCCCCNC. The number of hydrogen-bond donors (Lipinski definition) is 1. The Morgan fingerprint density at radius 1 is 0.650 bits per heavy atom. The molecule has 0 bridgehead atoms. The molecule has 118 valence electrons. The molecule has 0 aromatic rings. The Morgan fingerprint density at radius 3 is 1.80 bits per heavy atom.